The van der Waals surface area contributed by atoms with Gasteiger partial charge in [-0.1, -0.05) is 31.0 Å². The molecule has 0 radical (unpaired) electrons. The number of hydrogen-bond acceptors (Lipinski definition) is 6. The van der Waals surface area contributed by atoms with Crippen LogP contribution in [0, 0.1) is 12.3 Å². The number of amides is 3. The van der Waals surface area contributed by atoms with Crippen molar-refractivity contribution in [2.75, 3.05) is 20.2 Å². The zero-order valence-electron chi connectivity index (χ0n) is 20.1. The number of alkyl carbamates (subject to hydrolysis) is 1. The lowest BCUT2D eigenvalue weighted by Gasteiger charge is -2.36. The summed E-state index contributed by atoms with van der Waals surface area (Å²) in [4.78, 5) is 51.5. The maximum atomic E-state index is 13.3. The van der Waals surface area contributed by atoms with Gasteiger partial charge in [-0.05, 0) is 45.7 Å². The van der Waals surface area contributed by atoms with Gasteiger partial charge in [0.25, 0.3) is 0 Å². The molecule has 33 heavy (non-hydrogen) atoms. The molecular weight excluding hydrogens is 426 g/mol. The van der Waals surface area contributed by atoms with Crippen LogP contribution < -0.4 is 10.6 Å². The van der Waals surface area contributed by atoms with Crippen LogP contribution in [-0.4, -0.2) is 60.6 Å². The molecule has 9 nitrogen and oxygen atoms in total. The summed E-state index contributed by atoms with van der Waals surface area (Å²) in [6, 6.07) is 5.22. The molecule has 2 atom stereocenters. The van der Waals surface area contributed by atoms with Gasteiger partial charge in [0, 0.05) is 11.6 Å². The molecule has 1 aromatic carbocycles. The summed E-state index contributed by atoms with van der Waals surface area (Å²) in [6.07, 6.45) is 5.41. The minimum absolute atomic E-state index is 0.372. The van der Waals surface area contributed by atoms with E-state index in [4.69, 9.17) is 11.2 Å². The number of nitrogens with zero attached hydrogens (tertiary/aromatic N) is 1. The lowest BCUT2D eigenvalue weighted by Crippen LogP contribution is -2.51. The van der Waals surface area contributed by atoms with E-state index in [2.05, 4.69) is 21.3 Å². The second-order valence-corrected chi connectivity index (χ2v) is 8.34. The highest BCUT2D eigenvalue weighted by Crippen LogP contribution is 2.27. The first-order chi connectivity index (χ1) is 15.4. The third-order valence-corrected chi connectivity index (χ3v) is 4.71. The Morgan fingerprint density at radius 1 is 1.12 bits per heavy atom. The Morgan fingerprint density at radius 3 is 2.30 bits per heavy atom. The second kappa shape index (κ2) is 12.5. The van der Waals surface area contributed by atoms with Gasteiger partial charge in [-0.25, -0.2) is 4.79 Å². The molecule has 180 valence electrons. The summed E-state index contributed by atoms with van der Waals surface area (Å²) in [5, 5.41) is 4.94. The molecular formula is C24H33N3O6. The van der Waals surface area contributed by atoms with Crippen LogP contribution in [0.3, 0.4) is 0 Å². The summed E-state index contributed by atoms with van der Waals surface area (Å²) >= 11 is 0. The molecule has 0 aliphatic heterocycles. The minimum Gasteiger partial charge on any atom is -0.468 e. The number of hydrogen-bond donors (Lipinski definition) is 2. The molecule has 0 aliphatic carbocycles. The van der Waals surface area contributed by atoms with Crippen LogP contribution in [0.1, 0.15) is 58.2 Å². The third-order valence-electron chi connectivity index (χ3n) is 4.71. The van der Waals surface area contributed by atoms with Crippen LogP contribution in [0.5, 0.6) is 0 Å². The van der Waals surface area contributed by atoms with Gasteiger partial charge in [0.2, 0.25) is 11.8 Å². The molecule has 2 N–H and O–H groups in total. The Bertz CT molecular complexity index is 900. The standard InChI is InChI=1S/C24H33N3O6/c1-8-16(3)27(19(28)14-26-23(31)33-24(4,5)6)21(22(30)25-15-20(29)32-7)18-13-11-10-12-17(18)9-2/h2,10-13,16,21H,8,14-15H2,1,3-7H3,(H,25,30)(H,26,31). The summed E-state index contributed by atoms with van der Waals surface area (Å²) in [5.41, 5.74) is 0.121. The van der Waals surface area contributed by atoms with E-state index >= 15 is 0 Å². The fourth-order valence-corrected chi connectivity index (χ4v) is 3.01. The highest BCUT2D eigenvalue weighted by Gasteiger charge is 2.35. The number of methoxy groups -OCH3 is 1. The highest BCUT2D eigenvalue weighted by molar-refractivity contribution is 5.92. The van der Waals surface area contributed by atoms with E-state index in [0.717, 1.165) is 0 Å². The molecule has 0 saturated heterocycles. The third kappa shape index (κ3) is 8.48. The normalized spacial score (nSPS) is 12.5. The van der Waals surface area contributed by atoms with Crippen molar-refractivity contribution in [1.29, 1.82) is 0 Å². The van der Waals surface area contributed by atoms with Gasteiger partial charge < -0.3 is 25.0 Å². The van der Waals surface area contributed by atoms with Crippen molar-refractivity contribution in [3.05, 3.63) is 35.4 Å². The molecule has 3 amide bonds. The lowest BCUT2D eigenvalue weighted by atomic mass is 9.96. The number of benzene rings is 1. The predicted molar refractivity (Wildman–Crippen MR) is 123 cm³/mol. The maximum Gasteiger partial charge on any atom is 0.408 e. The van der Waals surface area contributed by atoms with Crippen LogP contribution >= 0.6 is 0 Å². The SMILES string of the molecule is C#Cc1ccccc1C(C(=O)NCC(=O)OC)N(C(=O)CNC(=O)OC(C)(C)C)C(C)CC. The van der Waals surface area contributed by atoms with E-state index in [1.165, 1.54) is 12.0 Å². The van der Waals surface area contributed by atoms with E-state index in [1.807, 2.05) is 6.92 Å². The van der Waals surface area contributed by atoms with Crippen molar-refractivity contribution in [2.24, 2.45) is 0 Å². The Labute approximate surface area is 195 Å². The van der Waals surface area contributed by atoms with Crippen molar-refractivity contribution in [2.45, 2.75) is 58.7 Å². The van der Waals surface area contributed by atoms with Crippen LogP contribution in [0.25, 0.3) is 0 Å². The van der Waals surface area contributed by atoms with E-state index in [-0.39, 0.29) is 6.54 Å². The van der Waals surface area contributed by atoms with Crippen molar-refractivity contribution in [3.63, 3.8) is 0 Å². The topological polar surface area (TPSA) is 114 Å². The molecule has 0 spiro atoms. The number of carbonyl (C=O) groups is 4. The van der Waals surface area contributed by atoms with Crippen LogP contribution in [0.4, 0.5) is 4.79 Å². The van der Waals surface area contributed by atoms with E-state index in [1.54, 1.807) is 52.0 Å². The second-order valence-electron chi connectivity index (χ2n) is 8.34. The van der Waals surface area contributed by atoms with Gasteiger partial charge in [-0.2, -0.15) is 0 Å². The average Bonchev–Trinajstić information content (AvgIpc) is 2.77. The van der Waals surface area contributed by atoms with E-state index in [9.17, 15) is 19.2 Å². The maximum absolute atomic E-state index is 13.3. The summed E-state index contributed by atoms with van der Waals surface area (Å²) in [6.45, 7) is 8.00. The first-order valence-corrected chi connectivity index (χ1v) is 10.6. The zero-order valence-corrected chi connectivity index (χ0v) is 20.1. The molecule has 0 fully saturated rings. The largest absolute Gasteiger partial charge is 0.468 e. The molecule has 2 unspecified atom stereocenters. The van der Waals surface area contributed by atoms with Gasteiger partial charge in [0.1, 0.15) is 24.7 Å². The smallest absolute Gasteiger partial charge is 0.408 e. The molecule has 1 rings (SSSR count). The van der Waals surface area contributed by atoms with Crippen LogP contribution in [0.15, 0.2) is 24.3 Å². The highest BCUT2D eigenvalue weighted by atomic mass is 16.6. The number of esters is 1. The quantitative estimate of drug-likeness (QED) is 0.432. The summed E-state index contributed by atoms with van der Waals surface area (Å²) in [7, 11) is 1.21. The average molecular weight is 460 g/mol. The minimum atomic E-state index is -1.13. The lowest BCUT2D eigenvalue weighted by molar-refractivity contribution is -0.145. The van der Waals surface area contributed by atoms with Crippen molar-refractivity contribution >= 4 is 23.9 Å². The van der Waals surface area contributed by atoms with Crippen molar-refractivity contribution < 1.29 is 28.7 Å². The Balaban J connectivity index is 3.33. The van der Waals surface area contributed by atoms with E-state index < -0.39 is 48.1 Å². The molecule has 0 aromatic heterocycles. The van der Waals surface area contributed by atoms with Gasteiger partial charge in [-0.3, -0.25) is 14.4 Å². The van der Waals surface area contributed by atoms with Gasteiger partial charge in [-0.15, -0.1) is 6.42 Å². The zero-order chi connectivity index (χ0) is 25.2. The Hall–Kier alpha value is -3.54. The number of ether oxygens (including phenoxy) is 2. The van der Waals surface area contributed by atoms with Crippen LogP contribution in [-0.2, 0) is 23.9 Å². The first-order valence-electron chi connectivity index (χ1n) is 10.6. The number of carbonyl (C=O) groups excluding carboxylic acids is 4. The molecule has 0 bridgehead atoms. The van der Waals surface area contributed by atoms with Crippen molar-refractivity contribution in [3.8, 4) is 12.3 Å². The first kappa shape index (κ1) is 27.5. The number of rotatable bonds is 9. The van der Waals surface area contributed by atoms with Gasteiger partial charge in [0.05, 0.1) is 7.11 Å². The number of terminal acetylenes is 1. The Morgan fingerprint density at radius 2 is 1.76 bits per heavy atom. The van der Waals surface area contributed by atoms with E-state index in [0.29, 0.717) is 17.5 Å². The molecule has 0 saturated carbocycles. The fourth-order valence-electron chi connectivity index (χ4n) is 3.01. The number of nitrogens with one attached hydrogen (secondary N) is 2. The monoisotopic (exact) mass is 459 g/mol. The molecule has 1 aromatic rings. The predicted octanol–water partition coefficient (Wildman–Crippen LogP) is 2.15. The Kier molecular flexibility index (Phi) is 10.4. The van der Waals surface area contributed by atoms with Gasteiger partial charge in [0.15, 0.2) is 0 Å². The van der Waals surface area contributed by atoms with Crippen molar-refractivity contribution in [1.82, 2.24) is 15.5 Å². The van der Waals surface area contributed by atoms with Gasteiger partial charge >= 0.3 is 12.1 Å². The molecule has 9 heteroatoms. The van der Waals surface area contributed by atoms with Crippen LogP contribution in [0.2, 0.25) is 0 Å². The summed E-state index contributed by atoms with van der Waals surface area (Å²) < 4.78 is 9.77. The summed E-state index contributed by atoms with van der Waals surface area (Å²) in [5.74, 6) is 0.779. The fraction of sp³-hybridized carbons (Fsp3) is 0.500. The molecule has 0 aliphatic rings. The molecule has 0 heterocycles.